The monoisotopic (exact) mass is 499 g/mol. The zero-order valence-electron chi connectivity index (χ0n) is 20.5. The largest absolute Gasteiger partial charge is 0.491 e. The molecule has 2 aliphatic rings. The van der Waals surface area contributed by atoms with Gasteiger partial charge in [0.05, 0.1) is 30.6 Å². The maximum atomic E-state index is 14.7. The molecule has 0 saturated heterocycles. The SMILES string of the molecule is CC[C@@]1(O)C(=O)OCc2c1cc1n(c2=O)Cc2c-1nc1c(OC)c(F)c(F)cc1c2CCNC(C)C. The first-order valence-electron chi connectivity index (χ1n) is 11.9. The lowest BCUT2D eigenvalue weighted by molar-refractivity contribution is -0.172. The van der Waals surface area contributed by atoms with E-state index in [1.165, 1.54) is 11.7 Å². The number of benzene rings is 1. The number of carbonyl (C=O) groups excluding carboxylic acids is 1. The van der Waals surface area contributed by atoms with Crippen molar-refractivity contribution in [2.75, 3.05) is 13.7 Å². The third-order valence-corrected chi connectivity index (χ3v) is 7.08. The normalized spacial score (nSPS) is 18.3. The number of esters is 1. The Morgan fingerprint density at radius 1 is 1.28 bits per heavy atom. The van der Waals surface area contributed by atoms with Crippen LogP contribution in [0, 0.1) is 11.6 Å². The summed E-state index contributed by atoms with van der Waals surface area (Å²) < 4.78 is 41.0. The van der Waals surface area contributed by atoms with Gasteiger partial charge in [0.2, 0.25) is 5.82 Å². The molecular formula is C26H27F2N3O5. The third-order valence-electron chi connectivity index (χ3n) is 7.08. The molecule has 3 aromatic rings. The summed E-state index contributed by atoms with van der Waals surface area (Å²) in [5.41, 5.74) is 0.389. The molecule has 0 unspecified atom stereocenters. The second-order valence-corrected chi connectivity index (χ2v) is 9.48. The van der Waals surface area contributed by atoms with E-state index in [9.17, 15) is 23.5 Å². The van der Waals surface area contributed by atoms with Crippen molar-refractivity contribution in [1.82, 2.24) is 14.9 Å². The number of pyridine rings is 2. The van der Waals surface area contributed by atoms with Crippen molar-refractivity contribution in [1.29, 1.82) is 0 Å². The van der Waals surface area contributed by atoms with Crippen molar-refractivity contribution < 1.29 is 28.2 Å². The fraction of sp³-hybridized carbons (Fsp3) is 0.423. The quantitative estimate of drug-likeness (QED) is 0.393. The zero-order chi connectivity index (χ0) is 25.9. The number of hydrogen-bond acceptors (Lipinski definition) is 7. The minimum atomic E-state index is -1.96. The van der Waals surface area contributed by atoms with Gasteiger partial charge in [-0.1, -0.05) is 20.8 Å². The van der Waals surface area contributed by atoms with Crippen molar-refractivity contribution in [2.24, 2.45) is 0 Å². The van der Waals surface area contributed by atoms with Gasteiger partial charge in [0.1, 0.15) is 12.1 Å². The first-order chi connectivity index (χ1) is 17.1. The Bertz CT molecular complexity index is 1480. The molecule has 0 spiro atoms. The Morgan fingerprint density at radius 2 is 2.03 bits per heavy atom. The van der Waals surface area contributed by atoms with E-state index in [1.54, 1.807) is 13.0 Å². The molecule has 0 amide bonds. The number of nitrogens with one attached hydrogen (secondary N) is 1. The smallest absolute Gasteiger partial charge is 0.343 e. The average Bonchev–Trinajstić information content (AvgIpc) is 3.21. The summed E-state index contributed by atoms with van der Waals surface area (Å²) in [5.74, 6) is -3.33. The number of cyclic esters (lactones) is 1. The van der Waals surface area contributed by atoms with Crippen molar-refractivity contribution in [3.8, 4) is 17.1 Å². The van der Waals surface area contributed by atoms with E-state index in [-0.39, 0.29) is 48.0 Å². The Kier molecular flexibility index (Phi) is 5.83. The summed E-state index contributed by atoms with van der Waals surface area (Å²) in [4.78, 5) is 30.6. The van der Waals surface area contributed by atoms with Crippen LogP contribution in [0.25, 0.3) is 22.3 Å². The van der Waals surface area contributed by atoms with Crippen molar-refractivity contribution >= 4 is 16.9 Å². The molecule has 1 atom stereocenters. The molecule has 0 fully saturated rings. The Morgan fingerprint density at radius 3 is 2.69 bits per heavy atom. The molecule has 190 valence electrons. The van der Waals surface area contributed by atoms with E-state index in [0.717, 1.165) is 11.6 Å². The van der Waals surface area contributed by atoms with Gasteiger partial charge in [-0.3, -0.25) is 4.79 Å². The Hall–Kier alpha value is -3.37. The number of fused-ring (bicyclic) bond motifs is 5. The van der Waals surface area contributed by atoms with E-state index < -0.39 is 28.8 Å². The van der Waals surface area contributed by atoms with E-state index in [4.69, 9.17) is 9.47 Å². The predicted molar refractivity (Wildman–Crippen MR) is 128 cm³/mol. The van der Waals surface area contributed by atoms with Crippen molar-refractivity contribution in [3.05, 3.63) is 56.4 Å². The van der Waals surface area contributed by atoms with Gasteiger partial charge >= 0.3 is 5.97 Å². The first kappa shape index (κ1) is 24.3. The van der Waals surface area contributed by atoms with Gasteiger partial charge in [-0.25, -0.2) is 14.2 Å². The van der Waals surface area contributed by atoms with Gasteiger partial charge in [-0.05, 0) is 37.1 Å². The summed E-state index contributed by atoms with van der Waals surface area (Å²) in [6.45, 7) is 6.12. The fourth-order valence-corrected chi connectivity index (χ4v) is 5.17. The van der Waals surface area contributed by atoms with Crippen molar-refractivity contribution in [2.45, 2.75) is 58.4 Å². The highest BCUT2D eigenvalue weighted by atomic mass is 19.2. The van der Waals surface area contributed by atoms with Gasteiger partial charge in [0.15, 0.2) is 17.2 Å². The number of aliphatic hydroxyl groups is 1. The molecule has 0 radical (unpaired) electrons. The lowest BCUT2D eigenvalue weighted by Gasteiger charge is -2.31. The topological polar surface area (TPSA) is 103 Å². The van der Waals surface area contributed by atoms with Crippen LogP contribution in [-0.2, 0) is 34.7 Å². The third kappa shape index (κ3) is 3.42. The van der Waals surface area contributed by atoms with Crippen LogP contribution in [0.1, 0.15) is 49.4 Å². The average molecular weight is 500 g/mol. The second kappa shape index (κ2) is 8.63. The zero-order valence-corrected chi connectivity index (χ0v) is 20.5. The number of hydrogen-bond donors (Lipinski definition) is 2. The molecule has 1 aromatic carbocycles. The predicted octanol–water partition coefficient (Wildman–Crippen LogP) is 2.91. The molecule has 0 saturated carbocycles. The van der Waals surface area contributed by atoms with Gasteiger partial charge in [-0.2, -0.15) is 4.39 Å². The molecular weight excluding hydrogens is 472 g/mol. The van der Waals surface area contributed by atoms with Crippen LogP contribution in [0.3, 0.4) is 0 Å². The lowest BCUT2D eigenvalue weighted by atomic mass is 9.86. The highest BCUT2D eigenvalue weighted by molar-refractivity contribution is 5.92. The van der Waals surface area contributed by atoms with Crippen molar-refractivity contribution in [3.63, 3.8) is 0 Å². The summed E-state index contributed by atoms with van der Waals surface area (Å²) in [6.07, 6.45) is 0.487. The molecule has 8 nitrogen and oxygen atoms in total. The fourth-order valence-electron chi connectivity index (χ4n) is 5.17. The molecule has 36 heavy (non-hydrogen) atoms. The number of methoxy groups -OCH3 is 1. The maximum absolute atomic E-state index is 14.7. The van der Waals surface area contributed by atoms with Crippen LogP contribution in [0.4, 0.5) is 8.78 Å². The molecule has 10 heteroatoms. The number of rotatable bonds is 6. The number of aromatic nitrogens is 2. The second-order valence-electron chi connectivity index (χ2n) is 9.48. The molecule has 5 rings (SSSR count). The van der Waals surface area contributed by atoms with Gasteiger partial charge in [0.25, 0.3) is 5.56 Å². The minimum Gasteiger partial charge on any atom is -0.491 e. The van der Waals surface area contributed by atoms with Gasteiger partial charge in [-0.15, -0.1) is 0 Å². The highest BCUT2D eigenvalue weighted by Gasteiger charge is 2.45. The van der Waals surface area contributed by atoms with E-state index in [1.807, 2.05) is 13.8 Å². The van der Waals surface area contributed by atoms with E-state index in [2.05, 4.69) is 10.3 Å². The Balaban J connectivity index is 1.81. The van der Waals surface area contributed by atoms with Crippen LogP contribution < -0.4 is 15.6 Å². The van der Waals surface area contributed by atoms with Crippen LogP contribution in [0.2, 0.25) is 0 Å². The minimum absolute atomic E-state index is 0.0180. The molecule has 4 heterocycles. The van der Waals surface area contributed by atoms with Crippen LogP contribution in [0.15, 0.2) is 16.9 Å². The maximum Gasteiger partial charge on any atom is 0.343 e. The summed E-state index contributed by atoms with van der Waals surface area (Å²) in [6, 6.07) is 2.92. The van der Waals surface area contributed by atoms with Crippen LogP contribution in [0.5, 0.6) is 5.75 Å². The number of ether oxygens (including phenoxy) is 2. The number of nitrogens with zero attached hydrogens (tertiary/aromatic N) is 2. The molecule has 0 aliphatic carbocycles. The van der Waals surface area contributed by atoms with E-state index in [0.29, 0.717) is 35.3 Å². The molecule has 0 bridgehead atoms. The van der Waals surface area contributed by atoms with Gasteiger partial charge < -0.3 is 24.5 Å². The standard InChI is InChI=1S/C26H27F2N3O5/c1-5-26(34)17-9-19-21-15(10-31(19)24(32)16(17)11-36-25(26)33)13(6-7-29-12(2)3)14-8-18(27)20(28)23(35-4)22(14)30-21/h8-9,12,29,34H,5-7,10-11H2,1-4H3/t26-/m0/s1. The number of carbonyl (C=O) groups is 1. The van der Waals surface area contributed by atoms with E-state index >= 15 is 0 Å². The molecule has 2 aliphatic heterocycles. The Labute approximate surface area is 205 Å². The highest BCUT2D eigenvalue weighted by Crippen LogP contribution is 2.42. The summed E-state index contributed by atoms with van der Waals surface area (Å²) >= 11 is 0. The number of halogens is 2. The molecule has 2 N–H and O–H groups in total. The van der Waals surface area contributed by atoms with Crippen LogP contribution >= 0.6 is 0 Å². The van der Waals surface area contributed by atoms with Crippen LogP contribution in [-0.4, -0.2) is 40.3 Å². The summed E-state index contributed by atoms with van der Waals surface area (Å²) in [5, 5.41) is 14.8. The molecule has 2 aromatic heterocycles. The summed E-state index contributed by atoms with van der Waals surface area (Å²) in [7, 11) is 1.24. The van der Waals surface area contributed by atoms with Gasteiger partial charge in [0, 0.05) is 22.6 Å². The first-order valence-corrected chi connectivity index (χ1v) is 11.9. The lowest BCUT2D eigenvalue weighted by Crippen LogP contribution is -2.44.